The molecule has 0 bridgehead atoms. The molecule has 0 spiro atoms. The van der Waals surface area contributed by atoms with Crippen LogP contribution < -0.4 is 4.74 Å². The van der Waals surface area contributed by atoms with Gasteiger partial charge in [-0.15, -0.1) is 0 Å². The van der Waals surface area contributed by atoms with Gasteiger partial charge in [-0.3, -0.25) is 0 Å². The zero-order valence-corrected chi connectivity index (χ0v) is 10.1. The molecule has 0 aromatic carbocycles. The Balaban J connectivity index is 0.000000686. The van der Waals surface area contributed by atoms with Gasteiger partial charge in [-0.05, 0) is 0 Å². The first-order chi connectivity index (χ1) is 8.35. The maximum absolute atomic E-state index is 8.69. The van der Waals surface area contributed by atoms with Crippen LogP contribution >= 0.6 is 0 Å². The fourth-order valence-electron chi connectivity index (χ4n) is 1.25. The number of aromatic nitrogens is 3. The van der Waals surface area contributed by atoms with Crippen LogP contribution in [-0.2, 0) is 0 Å². The Hall–Kier alpha value is -2.35. The molecule has 0 radical (unpaired) electrons. The van der Waals surface area contributed by atoms with Crippen molar-refractivity contribution < 1.29 is 4.74 Å². The van der Waals surface area contributed by atoms with E-state index < -0.39 is 0 Å². The van der Waals surface area contributed by atoms with Crippen LogP contribution in [0.15, 0.2) is 31.0 Å². The lowest BCUT2D eigenvalue weighted by atomic mass is 10.3. The molecule has 0 aliphatic rings. The number of nitriles is 1. The number of nitrogens with zero attached hydrogens (tertiary/aromatic N) is 4. The standard InChI is InChI=1S/C10H8N4O.C2H6/c1-15-10-4-8(5-11)13-6-9(10)14-3-2-12-7-14;1-2/h2-4,6-7H,1H3;1-2H3. The highest BCUT2D eigenvalue weighted by Crippen LogP contribution is 2.21. The molecule has 2 rings (SSSR count). The number of pyridine rings is 1. The second kappa shape index (κ2) is 6.28. The maximum Gasteiger partial charge on any atom is 0.147 e. The molecule has 88 valence electrons. The summed E-state index contributed by atoms with van der Waals surface area (Å²) in [5.74, 6) is 0.597. The zero-order valence-electron chi connectivity index (χ0n) is 10.1. The van der Waals surface area contributed by atoms with Gasteiger partial charge in [-0.2, -0.15) is 5.26 Å². The van der Waals surface area contributed by atoms with Crippen LogP contribution in [0.4, 0.5) is 0 Å². The summed E-state index contributed by atoms with van der Waals surface area (Å²) in [4.78, 5) is 7.90. The van der Waals surface area contributed by atoms with Crippen molar-refractivity contribution in [1.82, 2.24) is 14.5 Å². The molecule has 0 unspecified atom stereocenters. The molecule has 5 nitrogen and oxygen atoms in total. The van der Waals surface area contributed by atoms with E-state index in [0.717, 1.165) is 5.69 Å². The third-order valence-electron chi connectivity index (χ3n) is 1.96. The summed E-state index contributed by atoms with van der Waals surface area (Å²) in [5, 5.41) is 8.69. The minimum absolute atomic E-state index is 0.329. The van der Waals surface area contributed by atoms with E-state index in [9.17, 15) is 0 Å². The summed E-state index contributed by atoms with van der Waals surface area (Å²) < 4.78 is 6.94. The summed E-state index contributed by atoms with van der Waals surface area (Å²) in [6, 6.07) is 3.55. The normalized spacial score (nSPS) is 8.82. The number of hydrogen-bond acceptors (Lipinski definition) is 4. The van der Waals surface area contributed by atoms with Crippen molar-refractivity contribution in [2.24, 2.45) is 0 Å². The van der Waals surface area contributed by atoms with E-state index in [1.54, 1.807) is 42.7 Å². The van der Waals surface area contributed by atoms with Crippen LogP contribution in [0.25, 0.3) is 5.69 Å². The Morgan fingerprint density at radius 1 is 1.41 bits per heavy atom. The van der Waals surface area contributed by atoms with Gasteiger partial charge in [0.05, 0.1) is 19.6 Å². The molecule has 0 aliphatic carbocycles. The van der Waals surface area contributed by atoms with Crippen molar-refractivity contribution in [2.75, 3.05) is 7.11 Å². The fourth-order valence-corrected chi connectivity index (χ4v) is 1.25. The summed E-state index contributed by atoms with van der Waals surface area (Å²) in [6.45, 7) is 4.00. The lowest BCUT2D eigenvalue weighted by Crippen LogP contribution is -1.97. The van der Waals surface area contributed by atoms with Crippen molar-refractivity contribution in [3.63, 3.8) is 0 Å². The molecular formula is C12H14N4O. The Morgan fingerprint density at radius 3 is 2.71 bits per heavy atom. The molecule has 17 heavy (non-hydrogen) atoms. The van der Waals surface area contributed by atoms with Gasteiger partial charge < -0.3 is 9.30 Å². The maximum atomic E-state index is 8.69. The molecule has 2 aromatic heterocycles. The molecule has 0 amide bonds. The molecule has 2 aromatic rings. The van der Waals surface area contributed by atoms with Gasteiger partial charge in [-0.1, -0.05) is 13.8 Å². The van der Waals surface area contributed by atoms with Gasteiger partial charge in [-0.25, -0.2) is 9.97 Å². The fraction of sp³-hybridized carbons (Fsp3) is 0.250. The Labute approximate surface area is 100 Å². The van der Waals surface area contributed by atoms with Crippen LogP contribution in [0.1, 0.15) is 19.5 Å². The second-order valence-corrected chi connectivity index (χ2v) is 2.82. The van der Waals surface area contributed by atoms with Crippen LogP contribution in [0.5, 0.6) is 5.75 Å². The van der Waals surface area contributed by atoms with Crippen LogP contribution in [0, 0.1) is 11.3 Å². The molecule has 5 heteroatoms. The third kappa shape index (κ3) is 2.82. The van der Waals surface area contributed by atoms with E-state index in [4.69, 9.17) is 10.00 Å². The van der Waals surface area contributed by atoms with Crippen molar-refractivity contribution in [3.05, 3.63) is 36.7 Å². The Kier molecular flexibility index (Phi) is 4.70. The van der Waals surface area contributed by atoms with Gasteiger partial charge >= 0.3 is 0 Å². The first kappa shape index (κ1) is 12.7. The summed E-state index contributed by atoms with van der Waals surface area (Å²) in [7, 11) is 1.55. The van der Waals surface area contributed by atoms with E-state index in [1.165, 1.54) is 0 Å². The van der Waals surface area contributed by atoms with Crippen molar-refractivity contribution in [1.29, 1.82) is 5.26 Å². The predicted molar refractivity (Wildman–Crippen MR) is 64.0 cm³/mol. The second-order valence-electron chi connectivity index (χ2n) is 2.82. The van der Waals surface area contributed by atoms with E-state index in [0.29, 0.717) is 11.4 Å². The van der Waals surface area contributed by atoms with Crippen molar-refractivity contribution >= 4 is 0 Å². The van der Waals surface area contributed by atoms with Gasteiger partial charge in [0.2, 0.25) is 0 Å². The highest BCUT2D eigenvalue weighted by Gasteiger charge is 2.06. The number of rotatable bonds is 2. The topological polar surface area (TPSA) is 63.7 Å². The largest absolute Gasteiger partial charge is 0.494 e. The molecule has 0 saturated heterocycles. The average Bonchev–Trinajstić information content (AvgIpc) is 2.94. The lowest BCUT2D eigenvalue weighted by Gasteiger charge is -2.07. The summed E-state index contributed by atoms with van der Waals surface area (Å²) >= 11 is 0. The van der Waals surface area contributed by atoms with Crippen LogP contribution in [-0.4, -0.2) is 21.6 Å². The number of hydrogen-bond donors (Lipinski definition) is 0. The van der Waals surface area contributed by atoms with Crippen LogP contribution in [0.3, 0.4) is 0 Å². The molecular weight excluding hydrogens is 216 g/mol. The minimum Gasteiger partial charge on any atom is -0.494 e. The van der Waals surface area contributed by atoms with Gasteiger partial charge in [0.25, 0.3) is 0 Å². The smallest absolute Gasteiger partial charge is 0.147 e. The first-order valence-corrected chi connectivity index (χ1v) is 5.27. The summed E-state index contributed by atoms with van der Waals surface area (Å²) in [6.07, 6.45) is 6.67. The van der Waals surface area contributed by atoms with Gasteiger partial charge in [0.15, 0.2) is 0 Å². The third-order valence-corrected chi connectivity index (χ3v) is 1.96. The molecule has 0 saturated carbocycles. The molecule has 0 atom stereocenters. The first-order valence-electron chi connectivity index (χ1n) is 5.27. The van der Waals surface area contributed by atoms with Gasteiger partial charge in [0.1, 0.15) is 23.2 Å². The predicted octanol–water partition coefficient (Wildman–Crippen LogP) is 2.17. The lowest BCUT2D eigenvalue weighted by molar-refractivity contribution is 0.412. The molecule has 0 fully saturated rings. The Bertz CT molecular complexity index is 500. The number of imidazole rings is 1. The van der Waals surface area contributed by atoms with E-state index in [-0.39, 0.29) is 0 Å². The van der Waals surface area contributed by atoms with Crippen molar-refractivity contribution in [3.8, 4) is 17.5 Å². The van der Waals surface area contributed by atoms with Crippen molar-refractivity contribution in [2.45, 2.75) is 13.8 Å². The molecule has 0 N–H and O–H groups in total. The number of ether oxygens (including phenoxy) is 1. The van der Waals surface area contributed by atoms with Gasteiger partial charge in [0, 0.05) is 18.5 Å². The highest BCUT2D eigenvalue weighted by molar-refractivity contribution is 5.47. The van der Waals surface area contributed by atoms with E-state index in [2.05, 4.69) is 9.97 Å². The zero-order chi connectivity index (χ0) is 12.7. The quantitative estimate of drug-likeness (QED) is 0.793. The van der Waals surface area contributed by atoms with Crippen LogP contribution in [0.2, 0.25) is 0 Å². The molecule has 2 heterocycles. The minimum atomic E-state index is 0.329. The number of methoxy groups -OCH3 is 1. The van der Waals surface area contributed by atoms with E-state index in [1.807, 2.05) is 19.9 Å². The SMILES string of the molecule is CC.COc1cc(C#N)ncc1-n1ccnc1. The monoisotopic (exact) mass is 230 g/mol. The summed E-state index contributed by atoms with van der Waals surface area (Å²) in [5.41, 5.74) is 1.09. The average molecular weight is 230 g/mol. The Morgan fingerprint density at radius 2 is 2.18 bits per heavy atom. The van der Waals surface area contributed by atoms with E-state index >= 15 is 0 Å². The molecule has 0 aliphatic heterocycles. The highest BCUT2D eigenvalue weighted by atomic mass is 16.5.